The summed E-state index contributed by atoms with van der Waals surface area (Å²) in [5.74, 6) is -9.19. The molecule has 3 aliphatic rings. The third kappa shape index (κ3) is 20.2. The predicted octanol–water partition coefficient (Wildman–Crippen LogP) is -0.578. The van der Waals surface area contributed by atoms with Gasteiger partial charge in [0.15, 0.2) is 5.96 Å². The van der Waals surface area contributed by atoms with Crippen LogP contribution < -0.4 is 27.0 Å². The maximum atomic E-state index is 14.5. The number of nitrogens with zero attached hydrogens (tertiary/aromatic N) is 10. The van der Waals surface area contributed by atoms with Crippen molar-refractivity contribution in [1.29, 1.82) is 0 Å². The Morgan fingerprint density at radius 3 is 1.99 bits per heavy atom. The molecule has 3 aromatic rings. The summed E-state index contributed by atoms with van der Waals surface area (Å²) >= 11 is 0. The number of para-hydroxylation sites is 1. The summed E-state index contributed by atoms with van der Waals surface area (Å²) in [6, 6.07) is 12.7. The number of carbonyl (C=O) groups is 9. The zero-order chi connectivity index (χ0) is 59.5. The Labute approximate surface area is 489 Å². The first-order valence-corrected chi connectivity index (χ1v) is 26.9. The van der Waals surface area contributed by atoms with E-state index in [4.69, 9.17) is 12.3 Å². The summed E-state index contributed by atoms with van der Waals surface area (Å²) in [6.45, 7) is 8.16. The van der Waals surface area contributed by atoms with Gasteiger partial charge in [-0.1, -0.05) is 42.5 Å². The molecule has 26 nitrogen and oxygen atoms in total. The Kier molecular flexibility index (Phi) is 25.0. The molecule has 452 valence electrons. The molecule has 0 spiro atoms. The molecule has 7 amide bonds. The molecule has 0 saturated carbocycles. The first-order chi connectivity index (χ1) is 39.1. The fourth-order valence-electron chi connectivity index (χ4n) is 9.65. The van der Waals surface area contributed by atoms with Crippen molar-refractivity contribution in [2.24, 2.45) is 10.7 Å². The normalized spacial score (nSPS) is 17.7. The van der Waals surface area contributed by atoms with E-state index in [0.717, 1.165) is 10.5 Å². The van der Waals surface area contributed by atoms with Crippen molar-refractivity contribution in [1.82, 2.24) is 55.2 Å². The number of carboxylic acid groups (broad SMARTS) is 2. The largest absolute Gasteiger partial charge is 1.00 e. The van der Waals surface area contributed by atoms with Crippen LogP contribution in [-0.2, 0) is 61.8 Å². The van der Waals surface area contributed by atoms with Crippen molar-refractivity contribution in [3.05, 3.63) is 83.3 Å². The maximum absolute atomic E-state index is 14.5. The number of nitrogens with two attached hydrogens (primary N) is 1. The molecule has 1 aromatic heterocycles. The number of hydrogen-bond acceptors (Lipinski definition) is 14. The Morgan fingerprint density at radius 2 is 1.39 bits per heavy atom. The number of alkyl halides is 2. The van der Waals surface area contributed by atoms with Crippen LogP contribution in [0.5, 0.6) is 0 Å². The standard InChI is InChI=1S/C54H71F2N15O11.Cu/c1-58-42-30-54(55,56)35-71(42)45(74)31-61-50(80)38-16-18-59-49-37(38)11-7-12-39(49)62-43(72)14-15-44(73)63-40(13-8-17-60-53(57)65(2)3)51(81)64-41(29-36-9-5-4-6-10-36)52(82)70-27-25-69(26-28-70)46(75)32-66-19-21-67(33-47(76)77)23-24-68(22-20-66)34-48(78)79;/h4-7,9-12,16,18,40-42H,8,13-15,17,19-35H2,2-3H3,(H2,57,60)(H,61,80)(H,62,72)(H,63,73)(H,64,81)(H,76,77)(H,78,79);/q;+1/t40-,41-,42-;/m0./s1/i;1+0. The average molecular weight is 1210 g/mol. The van der Waals surface area contributed by atoms with Crippen LogP contribution in [0.1, 0.15) is 48.0 Å². The second-order valence-corrected chi connectivity index (χ2v) is 20.5. The van der Waals surface area contributed by atoms with Gasteiger partial charge in [-0.05, 0) is 30.5 Å². The Bertz CT molecular complexity index is 2850. The Hall–Kier alpha value is -7.90. The molecule has 3 atom stereocenters. The van der Waals surface area contributed by atoms with Gasteiger partial charge < -0.3 is 51.9 Å². The van der Waals surface area contributed by atoms with Crippen LogP contribution in [0.15, 0.2) is 65.8 Å². The number of carbonyl (C=O) groups excluding carboxylic acids is 7. The number of anilines is 1. The number of carboxylic acids is 2. The summed E-state index contributed by atoms with van der Waals surface area (Å²) in [5, 5.41) is 29.9. The van der Waals surface area contributed by atoms with Crippen molar-refractivity contribution < 1.29 is 79.2 Å². The summed E-state index contributed by atoms with van der Waals surface area (Å²) in [5.41, 5.74) is 7.16. The zero-order valence-corrected chi connectivity index (χ0v) is 47.2. The van der Waals surface area contributed by atoms with Crippen LogP contribution in [0.2, 0.25) is 0 Å². The minimum Gasteiger partial charge on any atom is -0.480 e. The van der Waals surface area contributed by atoms with Crippen LogP contribution in [0.3, 0.4) is 0 Å². The molecule has 4 heterocycles. The number of rotatable bonds is 23. The molecular weight excluding hydrogens is 1140 g/mol. The number of hydrogen-bond donors (Lipinski definition) is 7. The Balaban J connectivity index is 0.0000126. The van der Waals surface area contributed by atoms with Crippen LogP contribution in [0, 0.1) is 6.57 Å². The van der Waals surface area contributed by atoms with E-state index in [-0.39, 0.29) is 136 Å². The summed E-state index contributed by atoms with van der Waals surface area (Å²) in [7, 11) is 3.43. The van der Waals surface area contributed by atoms with E-state index in [2.05, 4.69) is 36.1 Å². The number of amides is 7. The number of piperazine rings is 1. The van der Waals surface area contributed by atoms with Gasteiger partial charge in [0.1, 0.15) is 18.5 Å². The molecule has 8 N–H and O–H groups in total. The SMILES string of the molecule is [64Cu+].[C-]#[N+][C@@H]1CC(F)(F)CN1C(=O)CNC(=O)c1ccnc2c(NC(=O)CCC(=O)N[C@@H](CCCN=C(N)N(C)C)C(=O)N[C@@H](Cc3ccccc3)C(=O)N3CCN(C(=O)CN4CCN(CC(=O)O)CCN(CC(=O)O)CC4)CC3)cccc12. The molecule has 6 rings (SSSR count). The van der Waals surface area contributed by atoms with Crippen LogP contribution in [0.4, 0.5) is 14.5 Å². The van der Waals surface area contributed by atoms with Gasteiger partial charge in [0.2, 0.25) is 35.4 Å². The van der Waals surface area contributed by atoms with E-state index in [1.807, 2.05) is 23.1 Å². The summed E-state index contributed by atoms with van der Waals surface area (Å²) < 4.78 is 27.9. The van der Waals surface area contributed by atoms with Crippen molar-refractivity contribution in [2.75, 3.05) is 124 Å². The monoisotopic (exact) mass is 1210 g/mol. The number of fused-ring (bicyclic) bond motifs is 1. The molecule has 0 bridgehead atoms. The van der Waals surface area contributed by atoms with Crippen LogP contribution in [-0.4, -0.2) is 252 Å². The van der Waals surface area contributed by atoms with Gasteiger partial charge in [-0.3, -0.25) is 77.6 Å². The second kappa shape index (κ2) is 31.5. The third-order valence-corrected chi connectivity index (χ3v) is 14.1. The molecule has 0 unspecified atom stereocenters. The summed E-state index contributed by atoms with van der Waals surface area (Å²) in [6.07, 6.45) is -1.16. The average Bonchev–Trinajstić information content (AvgIpc) is 3.96. The van der Waals surface area contributed by atoms with Gasteiger partial charge in [0.05, 0.1) is 49.5 Å². The van der Waals surface area contributed by atoms with Gasteiger partial charge in [-0.2, -0.15) is 0 Å². The van der Waals surface area contributed by atoms with Crippen molar-refractivity contribution in [3.63, 3.8) is 0 Å². The van der Waals surface area contributed by atoms with E-state index in [9.17, 15) is 62.1 Å². The number of pyridine rings is 1. The van der Waals surface area contributed by atoms with E-state index in [1.165, 1.54) is 18.3 Å². The molecule has 0 radical (unpaired) electrons. The number of halogens is 2. The van der Waals surface area contributed by atoms with Crippen LogP contribution >= 0.6 is 0 Å². The molecule has 3 aliphatic heterocycles. The van der Waals surface area contributed by atoms with Gasteiger partial charge >= 0.3 is 35.2 Å². The predicted molar refractivity (Wildman–Crippen MR) is 295 cm³/mol. The quantitative estimate of drug-likeness (QED) is 0.0205. The third-order valence-electron chi connectivity index (χ3n) is 14.1. The van der Waals surface area contributed by atoms with Crippen molar-refractivity contribution in [3.8, 4) is 0 Å². The van der Waals surface area contributed by atoms with Gasteiger partial charge in [0, 0.05) is 117 Å². The molecule has 83 heavy (non-hydrogen) atoms. The van der Waals surface area contributed by atoms with E-state index in [1.54, 1.807) is 62.9 Å². The second-order valence-electron chi connectivity index (χ2n) is 20.5. The molecular formula is C54H71CuF2N15O11+. The Morgan fingerprint density at radius 1 is 0.783 bits per heavy atom. The number of aliphatic imine (C=N–C) groups is 1. The first-order valence-electron chi connectivity index (χ1n) is 26.9. The molecule has 3 fully saturated rings. The van der Waals surface area contributed by atoms with Crippen molar-refractivity contribution in [2.45, 2.75) is 62.7 Å². The molecule has 29 heteroatoms. The maximum Gasteiger partial charge on any atom is 1.00 e. The molecule has 0 aliphatic carbocycles. The van der Waals surface area contributed by atoms with E-state index < -0.39 is 91.1 Å². The fraction of sp³-hybridized carbons (Fsp3) is 0.519. The number of aromatic nitrogens is 1. The molecule has 3 saturated heterocycles. The fourth-order valence-corrected chi connectivity index (χ4v) is 9.65. The number of nitrogens with one attached hydrogen (secondary N) is 4. The minimum absolute atomic E-state index is 0. The van der Waals surface area contributed by atoms with E-state index >= 15 is 0 Å². The smallest absolute Gasteiger partial charge is 0.480 e. The number of likely N-dealkylation sites (tertiary alicyclic amines) is 1. The number of aliphatic carboxylic acids is 2. The van der Waals surface area contributed by atoms with Gasteiger partial charge in [0.25, 0.3) is 11.8 Å². The minimum atomic E-state index is -3.23. The number of benzene rings is 2. The zero-order valence-electron chi connectivity index (χ0n) is 46.2. The topological polar surface area (TPSA) is 321 Å². The van der Waals surface area contributed by atoms with Gasteiger partial charge in [-0.15, -0.1) is 0 Å². The molecule has 2 aromatic carbocycles. The van der Waals surface area contributed by atoms with Gasteiger partial charge in [-0.25, -0.2) is 15.4 Å². The van der Waals surface area contributed by atoms with Crippen LogP contribution in [0.25, 0.3) is 15.7 Å². The first kappa shape index (κ1) is 65.9. The van der Waals surface area contributed by atoms with E-state index in [0.29, 0.717) is 39.3 Å². The summed E-state index contributed by atoms with van der Waals surface area (Å²) in [4.78, 5) is 141. The number of guanidine groups is 1. The van der Waals surface area contributed by atoms with Crippen molar-refractivity contribution >= 4 is 75.8 Å².